The zero-order valence-corrected chi connectivity index (χ0v) is 9.09. The van der Waals surface area contributed by atoms with Gasteiger partial charge in [0, 0.05) is 5.56 Å². The van der Waals surface area contributed by atoms with E-state index in [1.165, 1.54) is 7.11 Å². The Morgan fingerprint density at radius 2 is 2.31 bits per heavy atom. The summed E-state index contributed by atoms with van der Waals surface area (Å²) in [4.78, 5) is 14.5. The highest BCUT2D eigenvalue weighted by Gasteiger charge is 2.17. The van der Waals surface area contributed by atoms with Crippen LogP contribution in [-0.4, -0.2) is 18.1 Å². The maximum Gasteiger partial charge on any atom is 0.310 e. The first-order valence-corrected chi connectivity index (χ1v) is 4.63. The number of carbonyl (C=O) groups excluding carboxylic acids is 1. The fourth-order valence-electron chi connectivity index (χ4n) is 1.09. The van der Waals surface area contributed by atoms with Crippen molar-refractivity contribution in [2.75, 3.05) is 12.8 Å². The molecule has 1 heterocycles. The summed E-state index contributed by atoms with van der Waals surface area (Å²) in [5, 5.41) is -0.360. The van der Waals surface area contributed by atoms with Crippen molar-refractivity contribution in [3.05, 3.63) is 22.3 Å². The van der Waals surface area contributed by atoms with Gasteiger partial charge in [0.25, 0.3) is 6.43 Å². The van der Waals surface area contributed by atoms with Gasteiger partial charge in [0.15, 0.2) is 0 Å². The normalized spacial score (nSPS) is 10.6. The molecule has 2 N–H and O–H groups in total. The lowest BCUT2D eigenvalue weighted by molar-refractivity contribution is -0.139. The van der Waals surface area contributed by atoms with Gasteiger partial charge in [-0.25, -0.2) is 13.8 Å². The number of alkyl halides is 2. The number of hydrogen-bond acceptors (Lipinski definition) is 4. The number of hydrogen-bond donors (Lipinski definition) is 1. The molecular weight excluding hydrogens is 242 g/mol. The van der Waals surface area contributed by atoms with Crippen LogP contribution in [0, 0.1) is 0 Å². The fourth-order valence-corrected chi connectivity index (χ4v) is 1.31. The molecule has 0 unspecified atom stereocenters. The van der Waals surface area contributed by atoms with Gasteiger partial charge in [0.2, 0.25) is 0 Å². The molecule has 88 valence electrons. The van der Waals surface area contributed by atoms with Crippen LogP contribution in [-0.2, 0) is 16.0 Å². The Morgan fingerprint density at radius 3 is 2.81 bits per heavy atom. The zero-order chi connectivity index (χ0) is 12.3. The third-order valence-electron chi connectivity index (χ3n) is 1.91. The maximum absolute atomic E-state index is 12.5. The van der Waals surface area contributed by atoms with E-state index in [1.54, 1.807) is 0 Å². The van der Waals surface area contributed by atoms with Crippen LogP contribution in [0.5, 0.6) is 0 Å². The Morgan fingerprint density at radius 1 is 1.69 bits per heavy atom. The molecule has 0 amide bonds. The first-order chi connectivity index (χ1) is 7.45. The number of nitrogens with two attached hydrogens (primary N) is 1. The number of carbonyl (C=O) groups is 1. The number of esters is 1. The summed E-state index contributed by atoms with van der Waals surface area (Å²) in [5.41, 5.74) is 5.17. The second-order valence-corrected chi connectivity index (χ2v) is 3.32. The molecule has 0 spiro atoms. The van der Waals surface area contributed by atoms with E-state index in [0.29, 0.717) is 0 Å². The Labute approximate surface area is 95.4 Å². The van der Waals surface area contributed by atoms with Crippen LogP contribution in [0.2, 0.25) is 5.15 Å². The lowest BCUT2D eigenvalue weighted by atomic mass is 10.1. The van der Waals surface area contributed by atoms with Gasteiger partial charge >= 0.3 is 5.97 Å². The molecule has 0 atom stereocenters. The van der Waals surface area contributed by atoms with Crippen molar-refractivity contribution in [3.63, 3.8) is 0 Å². The van der Waals surface area contributed by atoms with Crippen LogP contribution in [0.1, 0.15) is 17.6 Å². The largest absolute Gasteiger partial charge is 0.469 e. The number of ether oxygens (including phenoxy) is 1. The molecular formula is C9H9ClF2N2O2. The van der Waals surface area contributed by atoms with Crippen molar-refractivity contribution < 1.29 is 18.3 Å². The van der Waals surface area contributed by atoms with Gasteiger partial charge in [0.05, 0.1) is 19.1 Å². The van der Waals surface area contributed by atoms with Gasteiger partial charge in [-0.15, -0.1) is 0 Å². The summed E-state index contributed by atoms with van der Waals surface area (Å²) in [6, 6.07) is 1.06. The number of nitrogen functional groups attached to an aromatic ring is 1. The van der Waals surface area contributed by atoms with Crippen LogP contribution in [0.15, 0.2) is 6.07 Å². The van der Waals surface area contributed by atoms with E-state index in [1.807, 2.05) is 0 Å². The number of nitrogens with zero attached hydrogens (tertiary/aromatic N) is 1. The highest BCUT2D eigenvalue weighted by atomic mass is 35.5. The molecule has 0 aliphatic carbocycles. The Bertz CT molecular complexity index is 413. The average molecular weight is 251 g/mol. The lowest BCUT2D eigenvalue weighted by Gasteiger charge is -2.08. The fraction of sp³-hybridized carbons (Fsp3) is 0.333. The van der Waals surface area contributed by atoms with E-state index in [4.69, 9.17) is 17.3 Å². The van der Waals surface area contributed by atoms with Crippen molar-refractivity contribution in [1.82, 2.24) is 4.98 Å². The molecule has 0 aromatic carbocycles. The standard InChI is InChI=1S/C9H9ClF2N2O2/c1-16-6(15)3-4-2-5(8(11)12)7(10)14-9(4)13/h2,8H,3H2,1H3,(H2,13,14). The van der Waals surface area contributed by atoms with Crippen molar-refractivity contribution in [1.29, 1.82) is 0 Å². The monoisotopic (exact) mass is 250 g/mol. The molecule has 0 fully saturated rings. The van der Waals surface area contributed by atoms with Crippen LogP contribution in [0.3, 0.4) is 0 Å². The minimum absolute atomic E-state index is 0.0557. The first-order valence-electron chi connectivity index (χ1n) is 4.25. The van der Waals surface area contributed by atoms with Gasteiger partial charge in [-0.05, 0) is 6.07 Å². The summed E-state index contributed by atoms with van der Waals surface area (Å²) < 4.78 is 29.4. The maximum atomic E-state index is 12.5. The van der Waals surface area contributed by atoms with Crippen LogP contribution in [0.4, 0.5) is 14.6 Å². The predicted octanol–water partition coefficient (Wildman–Crippen LogP) is 1.97. The molecule has 4 nitrogen and oxygen atoms in total. The van der Waals surface area contributed by atoms with Crippen molar-refractivity contribution in [2.45, 2.75) is 12.8 Å². The summed E-state index contributed by atoms with van der Waals surface area (Å²) in [6.45, 7) is 0. The molecule has 0 aliphatic rings. The second-order valence-electron chi connectivity index (χ2n) is 2.97. The molecule has 0 aliphatic heterocycles. The third kappa shape index (κ3) is 2.79. The second kappa shape index (κ2) is 5.07. The molecule has 1 aromatic rings. The molecule has 0 saturated carbocycles. The number of rotatable bonds is 3. The quantitative estimate of drug-likeness (QED) is 0.658. The van der Waals surface area contributed by atoms with Gasteiger partial charge in [-0.3, -0.25) is 4.79 Å². The Hall–Kier alpha value is -1.43. The average Bonchev–Trinajstić information content (AvgIpc) is 2.21. The number of aromatic nitrogens is 1. The lowest BCUT2D eigenvalue weighted by Crippen LogP contribution is -2.09. The van der Waals surface area contributed by atoms with E-state index in [2.05, 4.69) is 9.72 Å². The van der Waals surface area contributed by atoms with Gasteiger partial charge in [-0.1, -0.05) is 11.6 Å². The van der Waals surface area contributed by atoms with Crippen molar-refractivity contribution >= 4 is 23.4 Å². The molecule has 0 saturated heterocycles. The number of anilines is 1. The number of halogens is 3. The number of pyridine rings is 1. The molecule has 0 radical (unpaired) electrons. The molecule has 1 rings (SSSR count). The smallest absolute Gasteiger partial charge is 0.310 e. The number of methoxy groups -OCH3 is 1. The van der Waals surface area contributed by atoms with Gasteiger partial charge < -0.3 is 10.5 Å². The van der Waals surface area contributed by atoms with Crippen LogP contribution < -0.4 is 5.73 Å². The van der Waals surface area contributed by atoms with Crippen LogP contribution >= 0.6 is 11.6 Å². The van der Waals surface area contributed by atoms with Gasteiger partial charge in [0.1, 0.15) is 11.0 Å². The van der Waals surface area contributed by atoms with E-state index < -0.39 is 18.0 Å². The van der Waals surface area contributed by atoms with Crippen molar-refractivity contribution in [2.24, 2.45) is 0 Å². The SMILES string of the molecule is COC(=O)Cc1cc(C(F)F)c(Cl)nc1N. The Balaban J connectivity index is 3.09. The predicted molar refractivity (Wildman–Crippen MR) is 54.3 cm³/mol. The van der Waals surface area contributed by atoms with E-state index in [0.717, 1.165) is 6.07 Å². The van der Waals surface area contributed by atoms with E-state index in [-0.39, 0.29) is 23.0 Å². The highest BCUT2D eigenvalue weighted by molar-refractivity contribution is 6.30. The summed E-state index contributed by atoms with van der Waals surface area (Å²) >= 11 is 5.48. The third-order valence-corrected chi connectivity index (χ3v) is 2.22. The molecule has 0 bridgehead atoms. The minimum atomic E-state index is -2.77. The Kier molecular flexibility index (Phi) is 4.00. The molecule has 16 heavy (non-hydrogen) atoms. The minimum Gasteiger partial charge on any atom is -0.469 e. The topological polar surface area (TPSA) is 65.2 Å². The summed E-state index contributed by atoms with van der Waals surface area (Å²) in [7, 11) is 1.19. The first kappa shape index (κ1) is 12.6. The molecule has 1 aromatic heterocycles. The summed E-state index contributed by atoms with van der Waals surface area (Å²) in [6.07, 6.45) is -2.98. The van der Waals surface area contributed by atoms with E-state index in [9.17, 15) is 13.6 Å². The highest BCUT2D eigenvalue weighted by Crippen LogP contribution is 2.28. The van der Waals surface area contributed by atoms with Crippen molar-refractivity contribution in [3.8, 4) is 0 Å². The van der Waals surface area contributed by atoms with Gasteiger partial charge in [-0.2, -0.15) is 0 Å². The van der Waals surface area contributed by atoms with Crippen LogP contribution in [0.25, 0.3) is 0 Å². The van der Waals surface area contributed by atoms with E-state index >= 15 is 0 Å². The zero-order valence-electron chi connectivity index (χ0n) is 8.34. The summed E-state index contributed by atoms with van der Waals surface area (Å²) in [5.74, 6) is -0.643. The molecule has 7 heteroatoms.